The molecule has 3 aromatic carbocycles. The molecule has 1 amide bonds. The van der Waals surface area contributed by atoms with Crippen LogP contribution >= 0.6 is 0 Å². The van der Waals surface area contributed by atoms with Crippen molar-refractivity contribution in [2.45, 2.75) is 15.8 Å². The molecule has 1 heterocycles. The topological polar surface area (TPSA) is 232 Å². The molecule has 39 heavy (non-hydrogen) atoms. The van der Waals surface area contributed by atoms with E-state index in [4.69, 9.17) is 0 Å². The molecule has 0 fully saturated rings. The molecule has 0 aliphatic carbocycles. The van der Waals surface area contributed by atoms with Gasteiger partial charge >= 0.3 is 67.3 Å². The number of amides is 1. The molecule has 1 aliphatic rings. The molecule has 1 atom stereocenters. The van der Waals surface area contributed by atoms with Gasteiger partial charge in [0, 0.05) is 5.39 Å². The van der Waals surface area contributed by atoms with Gasteiger partial charge in [-0.05, 0) is 60.0 Å². The van der Waals surface area contributed by atoms with Crippen LogP contribution in [0.5, 0.6) is 5.75 Å². The Morgan fingerprint density at radius 1 is 0.923 bits per heavy atom. The normalized spacial score (nSPS) is 15.3. The van der Waals surface area contributed by atoms with Gasteiger partial charge in [0.1, 0.15) is 31.7 Å². The number of carbonyl (C=O) groups excluding carboxylic acids is 2. The number of carbonyl (C=O) groups is 2. The minimum Gasteiger partial charge on any atom is -0.744 e. The Hall–Kier alpha value is -2.06. The predicted molar refractivity (Wildman–Crippen MR) is 116 cm³/mol. The van der Waals surface area contributed by atoms with Crippen molar-refractivity contribution < 1.29 is 113 Å². The summed E-state index contributed by atoms with van der Waals surface area (Å²) in [7, 11) is -9.63. The smallest absolute Gasteiger partial charge is 0.744 e. The summed E-state index contributed by atoms with van der Waals surface area (Å²) in [4.78, 5) is 23.0. The number of rotatable bonds is 6. The first-order valence-corrected chi connectivity index (χ1v) is 12.4. The van der Waals surface area contributed by atoms with Crippen molar-refractivity contribution in [3.63, 3.8) is 0 Å². The molecular formula is C20H11Li2N4NaO10S2. The van der Waals surface area contributed by atoms with Crippen LogP contribution in [0.1, 0.15) is 0 Å². The quantitative estimate of drug-likeness (QED) is 0.168. The summed E-state index contributed by atoms with van der Waals surface area (Å²) in [6.07, 6.45) is 0. The van der Waals surface area contributed by atoms with Crippen LogP contribution in [0, 0.1) is 0 Å². The number of benzene rings is 3. The van der Waals surface area contributed by atoms with Crippen molar-refractivity contribution in [3.05, 3.63) is 54.6 Å². The number of carboxylic acid groups (broad SMARTS) is 1. The first kappa shape index (κ1) is 35.0. The minimum atomic E-state index is -4.88. The number of aliphatic carboxylic acids is 1. The van der Waals surface area contributed by atoms with Gasteiger partial charge in [-0.2, -0.15) is 20.3 Å². The van der Waals surface area contributed by atoms with Gasteiger partial charge in [-0.25, -0.2) is 16.8 Å². The van der Waals surface area contributed by atoms with Crippen LogP contribution in [0.25, 0.3) is 10.8 Å². The van der Waals surface area contributed by atoms with Crippen molar-refractivity contribution in [1.82, 2.24) is 0 Å². The second-order valence-corrected chi connectivity index (χ2v) is 10.1. The Balaban J connectivity index is 0.00000253. The number of hydrogen-bond donors (Lipinski definition) is 1. The van der Waals surface area contributed by atoms with Gasteiger partial charge in [-0.3, -0.25) is 4.79 Å². The SMILES string of the molecule is O=C([O-])C1=NN(c2ccc(S(=O)(=O)[O-])cc2)C(=O)C1N=Nc1ccc2c(O)cc(S(=O)(=O)[O-])cc2c1.[Li+].[Li+].[Na+]. The zero-order chi connectivity index (χ0) is 26.4. The van der Waals surface area contributed by atoms with Crippen LogP contribution in [-0.4, -0.2) is 54.7 Å². The summed E-state index contributed by atoms with van der Waals surface area (Å²) in [6, 6.07) is 7.89. The van der Waals surface area contributed by atoms with Crippen LogP contribution in [-0.2, 0) is 29.8 Å². The fourth-order valence-corrected chi connectivity index (χ4v) is 4.28. The van der Waals surface area contributed by atoms with E-state index in [2.05, 4.69) is 15.3 Å². The minimum absolute atomic E-state index is 0. The Bertz CT molecular complexity index is 1720. The van der Waals surface area contributed by atoms with Crippen molar-refractivity contribution in [3.8, 4) is 5.75 Å². The molecule has 1 N–H and O–H groups in total. The van der Waals surface area contributed by atoms with Gasteiger partial charge in [0.25, 0.3) is 5.91 Å². The number of hydrogen-bond acceptors (Lipinski definition) is 13. The predicted octanol–water partition coefficient (Wildman–Crippen LogP) is -9.03. The summed E-state index contributed by atoms with van der Waals surface area (Å²) >= 11 is 0. The number of phenols is 1. The van der Waals surface area contributed by atoms with E-state index in [1.165, 1.54) is 18.2 Å². The van der Waals surface area contributed by atoms with E-state index >= 15 is 0 Å². The third kappa shape index (κ3) is 7.57. The van der Waals surface area contributed by atoms with Crippen molar-refractivity contribution in [2.24, 2.45) is 15.3 Å². The van der Waals surface area contributed by atoms with Crippen LogP contribution in [0.2, 0.25) is 0 Å². The van der Waals surface area contributed by atoms with E-state index in [-0.39, 0.29) is 89.4 Å². The Morgan fingerprint density at radius 3 is 2.05 bits per heavy atom. The Kier molecular flexibility index (Phi) is 11.7. The van der Waals surface area contributed by atoms with Crippen LogP contribution < -0.4 is 77.4 Å². The van der Waals surface area contributed by atoms with Crippen LogP contribution in [0.3, 0.4) is 0 Å². The average molecular weight is 568 g/mol. The average Bonchev–Trinajstić information content (AvgIpc) is 3.12. The summed E-state index contributed by atoms with van der Waals surface area (Å²) in [5.74, 6) is -3.29. The molecule has 0 saturated carbocycles. The van der Waals surface area contributed by atoms with Gasteiger partial charge < -0.3 is 24.1 Å². The molecule has 14 nitrogen and oxygen atoms in total. The molecular weight excluding hydrogens is 557 g/mol. The van der Waals surface area contributed by atoms with Crippen molar-refractivity contribution in [1.29, 1.82) is 0 Å². The van der Waals surface area contributed by atoms with E-state index in [1.54, 1.807) is 0 Å². The fraction of sp³-hybridized carbons (Fsp3) is 0.0500. The largest absolute Gasteiger partial charge is 1.00 e. The first-order valence-electron chi connectivity index (χ1n) is 9.59. The molecule has 1 aliphatic heterocycles. The number of nitrogens with zero attached hydrogens (tertiary/aromatic N) is 4. The molecule has 4 rings (SSSR count). The number of aromatic hydroxyl groups is 1. The summed E-state index contributed by atoms with van der Waals surface area (Å²) < 4.78 is 67.1. The molecule has 0 bridgehead atoms. The number of azo groups is 1. The van der Waals surface area contributed by atoms with Crippen LogP contribution in [0.15, 0.2) is 79.7 Å². The van der Waals surface area contributed by atoms with E-state index in [0.29, 0.717) is 5.01 Å². The van der Waals surface area contributed by atoms with E-state index in [0.717, 1.165) is 36.4 Å². The number of hydrazone groups is 1. The van der Waals surface area contributed by atoms with Crippen molar-refractivity contribution >= 4 is 60.0 Å². The Labute approximate surface area is 267 Å². The van der Waals surface area contributed by atoms with E-state index < -0.39 is 59.4 Å². The standard InChI is InChI=1S/C20H14N4O10S2.2Li.Na/c25-16-9-14(36(32,33)34)8-10-7-11(1-6-15(10)16)21-22-17-18(20(27)28)23-24(19(17)26)12-2-4-13(5-3-12)35(29,30)31;;;/h1-9,17,25H,(H,27,28)(H,29,30,31)(H,32,33,34);;;/q;3*+1/p-3. The van der Waals surface area contributed by atoms with Gasteiger partial charge in [0.15, 0.2) is 6.04 Å². The second-order valence-electron chi connectivity index (χ2n) is 7.29. The van der Waals surface area contributed by atoms with E-state index in [9.17, 15) is 45.7 Å². The third-order valence-electron chi connectivity index (χ3n) is 4.95. The molecule has 19 heteroatoms. The molecule has 1 unspecified atom stereocenters. The van der Waals surface area contributed by atoms with Crippen molar-refractivity contribution in [2.75, 3.05) is 5.01 Å². The molecule has 0 spiro atoms. The monoisotopic (exact) mass is 568 g/mol. The molecule has 0 radical (unpaired) electrons. The second kappa shape index (κ2) is 13.1. The number of carboxylic acids is 1. The molecule has 0 aromatic heterocycles. The zero-order valence-corrected chi connectivity index (χ0v) is 24.1. The molecule has 186 valence electrons. The maximum Gasteiger partial charge on any atom is 1.00 e. The van der Waals surface area contributed by atoms with Gasteiger partial charge in [0.2, 0.25) is 0 Å². The van der Waals surface area contributed by atoms with Gasteiger partial charge in [0.05, 0.1) is 27.1 Å². The van der Waals surface area contributed by atoms with E-state index in [1.807, 2.05) is 0 Å². The Morgan fingerprint density at radius 2 is 1.51 bits per heavy atom. The molecule has 3 aromatic rings. The van der Waals surface area contributed by atoms with Gasteiger partial charge in [-0.1, -0.05) is 0 Å². The summed E-state index contributed by atoms with van der Waals surface area (Å²) in [5.41, 5.74) is -0.852. The maximum absolute atomic E-state index is 12.8. The summed E-state index contributed by atoms with van der Waals surface area (Å²) in [6.45, 7) is 0. The van der Waals surface area contributed by atoms with Crippen LogP contribution in [0.4, 0.5) is 11.4 Å². The molecule has 0 saturated heterocycles. The number of phenolic OH excluding ortho intramolecular Hbond substituents is 1. The number of anilines is 1. The van der Waals surface area contributed by atoms with Gasteiger partial charge in [-0.15, -0.1) is 0 Å². The zero-order valence-electron chi connectivity index (χ0n) is 20.5. The maximum atomic E-state index is 12.8. The summed E-state index contributed by atoms with van der Waals surface area (Å²) in [5, 5.41) is 33.6. The first-order chi connectivity index (χ1) is 16.8. The fourth-order valence-electron chi connectivity index (χ4n) is 3.28. The third-order valence-corrected chi connectivity index (χ3v) is 6.62. The number of fused-ring (bicyclic) bond motifs is 1.